The van der Waals surface area contributed by atoms with Crippen LogP contribution < -0.4 is 10.6 Å². The summed E-state index contributed by atoms with van der Waals surface area (Å²) in [5, 5.41) is 5.70. The highest BCUT2D eigenvalue weighted by Gasteiger charge is 2.13. The molecule has 1 aliphatic carbocycles. The summed E-state index contributed by atoms with van der Waals surface area (Å²) in [6, 6.07) is 7.66. The van der Waals surface area contributed by atoms with Crippen LogP contribution in [0.15, 0.2) is 24.3 Å². The number of hydrogen-bond acceptors (Lipinski definition) is 4. The van der Waals surface area contributed by atoms with E-state index in [1.807, 2.05) is 31.2 Å². The van der Waals surface area contributed by atoms with Crippen molar-refractivity contribution in [3.05, 3.63) is 29.8 Å². The average Bonchev–Trinajstić information content (AvgIpc) is 2.64. The van der Waals surface area contributed by atoms with Gasteiger partial charge in [-0.15, -0.1) is 11.8 Å². The zero-order chi connectivity index (χ0) is 18.6. The number of benzene rings is 1. The van der Waals surface area contributed by atoms with Crippen LogP contribution in [0, 0.1) is 6.92 Å². The Morgan fingerprint density at radius 1 is 1.08 bits per heavy atom. The smallest absolute Gasteiger partial charge is 0.234 e. The number of thioether (sulfide) groups is 1. The van der Waals surface area contributed by atoms with Crippen molar-refractivity contribution in [1.82, 2.24) is 5.32 Å². The Hall–Kier alpha value is -1.53. The zero-order valence-electron chi connectivity index (χ0n) is 15.6. The molecule has 1 fully saturated rings. The van der Waals surface area contributed by atoms with Gasteiger partial charge in [0, 0.05) is 18.8 Å². The maximum atomic E-state index is 11.8. The van der Waals surface area contributed by atoms with Crippen molar-refractivity contribution in [2.24, 2.45) is 0 Å². The van der Waals surface area contributed by atoms with Gasteiger partial charge in [0.1, 0.15) is 0 Å². The van der Waals surface area contributed by atoms with Crippen molar-refractivity contribution in [1.29, 1.82) is 0 Å². The Labute approximate surface area is 160 Å². The number of carbonyl (C=O) groups excluding carboxylic acids is 2. The van der Waals surface area contributed by atoms with Crippen molar-refractivity contribution in [2.45, 2.75) is 51.6 Å². The third-order valence-corrected chi connectivity index (χ3v) is 5.28. The second kappa shape index (κ2) is 12.0. The van der Waals surface area contributed by atoms with E-state index in [1.54, 1.807) is 0 Å². The van der Waals surface area contributed by atoms with Crippen molar-refractivity contribution in [3.63, 3.8) is 0 Å². The van der Waals surface area contributed by atoms with E-state index in [0.29, 0.717) is 25.0 Å². The summed E-state index contributed by atoms with van der Waals surface area (Å²) in [6.07, 6.45) is 7.48. The van der Waals surface area contributed by atoms with Crippen LogP contribution in [0.1, 0.15) is 44.1 Å². The van der Waals surface area contributed by atoms with Crippen LogP contribution in [0.25, 0.3) is 0 Å². The summed E-state index contributed by atoms with van der Waals surface area (Å²) in [6.45, 7) is 3.33. The predicted octanol–water partition coefficient (Wildman–Crippen LogP) is 3.52. The molecule has 5 nitrogen and oxygen atoms in total. The number of amides is 2. The fourth-order valence-electron chi connectivity index (χ4n) is 2.90. The molecular formula is C20H30N2O3S. The first-order valence-corrected chi connectivity index (χ1v) is 10.6. The van der Waals surface area contributed by atoms with Crippen LogP contribution in [-0.2, 0) is 14.3 Å². The third-order valence-electron chi connectivity index (χ3n) is 4.35. The third kappa shape index (κ3) is 8.72. The highest BCUT2D eigenvalue weighted by atomic mass is 32.2. The molecule has 0 atom stereocenters. The minimum atomic E-state index is -0.0902. The van der Waals surface area contributed by atoms with Gasteiger partial charge in [0.15, 0.2) is 0 Å². The van der Waals surface area contributed by atoms with Crippen molar-refractivity contribution < 1.29 is 14.3 Å². The average molecular weight is 379 g/mol. The molecule has 0 radical (unpaired) electrons. The fraction of sp³-hybridized carbons (Fsp3) is 0.600. The van der Waals surface area contributed by atoms with Gasteiger partial charge in [0.25, 0.3) is 0 Å². The van der Waals surface area contributed by atoms with Gasteiger partial charge in [0.05, 0.1) is 17.6 Å². The number of hydrogen-bond donors (Lipinski definition) is 2. The van der Waals surface area contributed by atoms with E-state index < -0.39 is 0 Å². The Bertz CT molecular complexity index is 557. The fourth-order valence-corrected chi connectivity index (χ4v) is 3.55. The highest BCUT2D eigenvalue weighted by Crippen LogP contribution is 2.20. The van der Waals surface area contributed by atoms with Gasteiger partial charge in [-0.1, -0.05) is 37.0 Å². The molecule has 0 unspecified atom stereocenters. The van der Waals surface area contributed by atoms with Gasteiger partial charge >= 0.3 is 0 Å². The van der Waals surface area contributed by atoms with Crippen LogP contribution in [0.5, 0.6) is 0 Å². The van der Waals surface area contributed by atoms with E-state index >= 15 is 0 Å². The lowest BCUT2D eigenvalue weighted by Gasteiger charge is -2.21. The standard InChI is InChI=1S/C20H30N2O3S/c1-16-8-10-17(11-9-16)22-20(24)15-26-14-19(23)21-12-5-13-25-18-6-3-2-4-7-18/h8-11,18H,2-7,12-15H2,1H3,(H,21,23)(H,22,24). The Morgan fingerprint density at radius 2 is 1.77 bits per heavy atom. The maximum absolute atomic E-state index is 11.8. The molecule has 144 valence electrons. The van der Waals surface area contributed by atoms with Gasteiger partial charge in [-0.25, -0.2) is 0 Å². The van der Waals surface area contributed by atoms with E-state index in [4.69, 9.17) is 4.74 Å². The molecule has 26 heavy (non-hydrogen) atoms. The minimum absolute atomic E-state index is 0.0317. The topological polar surface area (TPSA) is 67.4 Å². The molecule has 1 aromatic carbocycles. The number of rotatable bonds is 10. The van der Waals surface area contributed by atoms with Crippen LogP contribution in [0.2, 0.25) is 0 Å². The molecule has 2 amide bonds. The monoisotopic (exact) mass is 378 g/mol. The van der Waals surface area contributed by atoms with E-state index in [9.17, 15) is 9.59 Å². The number of carbonyl (C=O) groups is 2. The summed E-state index contributed by atoms with van der Waals surface area (Å²) in [5.74, 6) is 0.444. The first kappa shape index (κ1) is 20.8. The summed E-state index contributed by atoms with van der Waals surface area (Å²) >= 11 is 1.32. The van der Waals surface area contributed by atoms with Crippen LogP contribution in [0.3, 0.4) is 0 Å². The lowest BCUT2D eigenvalue weighted by Crippen LogP contribution is -2.28. The van der Waals surface area contributed by atoms with E-state index in [1.165, 1.54) is 43.9 Å². The van der Waals surface area contributed by atoms with Gasteiger partial charge in [-0.2, -0.15) is 0 Å². The number of anilines is 1. The number of ether oxygens (including phenoxy) is 1. The van der Waals surface area contributed by atoms with E-state index in [0.717, 1.165) is 17.7 Å². The van der Waals surface area contributed by atoms with Crippen LogP contribution in [0.4, 0.5) is 5.69 Å². The summed E-state index contributed by atoms with van der Waals surface area (Å²) in [7, 11) is 0. The second-order valence-electron chi connectivity index (χ2n) is 6.74. The zero-order valence-corrected chi connectivity index (χ0v) is 16.4. The Morgan fingerprint density at radius 3 is 2.50 bits per heavy atom. The van der Waals surface area contributed by atoms with E-state index in [-0.39, 0.29) is 17.6 Å². The number of nitrogens with one attached hydrogen (secondary N) is 2. The Kier molecular flexibility index (Phi) is 9.56. The largest absolute Gasteiger partial charge is 0.378 e. The van der Waals surface area contributed by atoms with Crippen LogP contribution >= 0.6 is 11.8 Å². The van der Waals surface area contributed by atoms with E-state index in [2.05, 4.69) is 10.6 Å². The predicted molar refractivity (Wildman–Crippen MR) is 108 cm³/mol. The second-order valence-corrected chi connectivity index (χ2v) is 7.73. The minimum Gasteiger partial charge on any atom is -0.378 e. The first-order valence-electron chi connectivity index (χ1n) is 9.46. The summed E-state index contributed by atoms with van der Waals surface area (Å²) in [4.78, 5) is 23.6. The molecule has 0 aromatic heterocycles. The van der Waals surface area contributed by atoms with Gasteiger partial charge in [-0.05, 0) is 38.3 Å². The van der Waals surface area contributed by atoms with Crippen molar-refractivity contribution in [3.8, 4) is 0 Å². The lowest BCUT2D eigenvalue weighted by atomic mass is 9.98. The highest BCUT2D eigenvalue weighted by molar-refractivity contribution is 8.00. The molecule has 0 heterocycles. The summed E-state index contributed by atoms with van der Waals surface area (Å²) < 4.78 is 5.83. The van der Waals surface area contributed by atoms with Crippen molar-refractivity contribution >= 4 is 29.3 Å². The molecule has 2 rings (SSSR count). The van der Waals surface area contributed by atoms with Gasteiger partial charge < -0.3 is 15.4 Å². The summed E-state index contributed by atoms with van der Waals surface area (Å²) in [5.41, 5.74) is 1.93. The maximum Gasteiger partial charge on any atom is 0.234 e. The lowest BCUT2D eigenvalue weighted by molar-refractivity contribution is -0.118. The van der Waals surface area contributed by atoms with Crippen LogP contribution in [-0.4, -0.2) is 42.6 Å². The molecule has 1 aromatic rings. The molecule has 6 heteroatoms. The van der Waals surface area contributed by atoms with Gasteiger partial charge in [-0.3, -0.25) is 9.59 Å². The molecule has 0 saturated heterocycles. The van der Waals surface area contributed by atoms with Gasteiger partial charge in [0.2, 0.25) is 11.8 Å². The number of aryl methyl sites for hydroxylation is 1. The molecule has 2 N–H and O–H groups in total. The first-order chi connectivity index (χ1) is 12.6. The Balaban J connectivity index is 1.46. The SMILES string of the molecule is Cc1ccc(NC(=O)CSCC(=O)NCCCOC2CCCCC2)cc1. The molecule has 0 spiro atoms. The molecule has 1 aliphatic rings. The molecule has 0 aliphatic heterocycles. The molecular weight excluding hydrogens is 348 g/mol. The molecule has 0 bridgehead atoms. The quantitative estimate of drug-likeness (QED) is 0.611. The molecule has 1 saturated carbocycles. The normalized spacial score (nSPS) is 14.8. The van der Waals surface area contributed by atoms with Crippen molar-refractivity contribution in [2.75, 3.05) is 30.0 Å².